The Hall–Kier alpha value is -0.130. The smallest absolute Gasteiger partial charge is 0.267 e. The fourth-order valence-corrected chi connectivity index (χ4v) is 3.61. The van der Waals surface area contributed by atoms with Gasteiger partial charge in [0.25, 0.3) is 10.1 Å². The SMILES string of the molecule is CCCCCC(O)CCCCCCCCCCCCC(C)S(=O)(=O)O. The molecule has 0 rings (SSSR count). The molecule has 0 spiro atoms. The maximum atomic E-state index is 10.9. The van der Waals surface area contributed by atoms with E-state index in [1.165, 1.54) is 51.4 Å². The zero-order valence-electron chi connectivity index (χ0n) is 16.6. The average molecular weight is 379 g/mol. The van der Waals surface area contributed by atoms with E-state index in [1.54, 1.807) is 6.92 Å². The highest BCUT2D eigenvalue weighted by atomic mass is 32.2. The Morgan fingerprint density at radius 2 is 1.04 bits per heavy atom. The Morgan fingerprint density at radius 3 is 1.44 bits per heavy atom. The van der Waals surface area contributed by atoms with E-state index in [9.17, 15) is 13.5 Å². The summed E-state index contributed by atoms with van der Waals surface area (Å²) in [7, 11) is -3.84. The molecule has 25 heavy (non-hydrogen) atoms. The zero-order chi connectivity index (χ0) is 19.0. The second-order valence-corrected chi connectivity index (χ2v) is 9.42. The Kier molecular flexibility index (Phi) is 16.0. The highest BCUT2D eigenvalue weighted by molar-refractivity contribution is 7.86. The summed E-state index contributed by atoms with van der Waals surface area (Å²) in [6.45, 7) is 3.76. The van der Waals surface area contributed by atoms with Crippen LogP contribution in [0.5, 0.6) is 0 Å². The lowest BCUT2D eigenvalue weighted by atomic mass is 10.0. The summed E-state index contributed by atoms with van der Waals surface area (Å²) in [5.41, 5.74) is 0. The van der Waals surface area contributed by atoms with Crippen molar-refractivity contribution in [3.05, 3.63) is 0 Å². The van der Waals surface area contributed by atoms with Crippen molar-refractivity contribution >= 4 is 10.1 Å². The quantitative estimate of drug-likeness (QED) is 0.230. The van der Waals surface area contributed by atoms with Crippen LogP contribution in [0.1, 0.15) is 117 Å². The molecule has 0 aliphatic rings. The van der Waals surface area contributed by atoms with Gasteiger partial charge in [-0.2, -0.15) is 8.42 Å². The van der Waals surface area contributed by atoms with Crippen LogP contribution in [0.4, 0.5) is 0 Å². The highest BCUT2D eigenvalue weighted by Gasteiger charge is 2.15. The molecule has 0 aliphatic carbocycles. The van der Waals surface area contributed by atoms with Crippen LogP contribution in [0.3, 0.4) is 0 Å². The van der Waals surface area contributed by atoms with Crippen molar-refractivity contribution < 1.29 is 18.1 Å². The molecule has 2 atom stereocenters. The van der Waals surface area contributed by atoms with Crippen molar-refractivity contribution in [3.63, 3.8) is 0 Å². The second kappa shape index (κ2) is 16.1. The number of rotatable bonds is 18. The molecule has 0 aromatic rings. The van der Waals surface area contributed by atoms with Crippen molar-refractivity contribution in [1.82, 2.24) is 0 Å². The first kappa shape index (κ1) is 24.9. The molecule has 2 N–H and O–H groups in total. The minimum atomic E-state index is -3.84. The van der Waals surface area contributed by atoms with Gasteiger partial charge in [-0.1, -0.05) is 90.4 Å². The molecular weight excluding hydrogens is 336 g/mol. The summed E-state index contributed by atoms with van der Waals surface area (Å²) in [5.74, 6) is 0. The third kappa shape index (κ3) is 17.1. The molecule has 0 aliphatic heterocycles. The van der Waals surface area contributed by atoms with Crippen LogP contribution in [0, 0.1) is 0 Å². The van der Waals surface area contributed by atoms with E-state index in [2.05, 4.69) is 6.92 Å². The van der Waals surface area contributed by atoms with E-state index in [1.807, 2.05) is 0 Å². The third-order valence-electron chi connectivity index (χ3n) is 5.05. The maximum absolute atomic E-state index is 10.9. The van der Waals surface area contributed by atoms with E-state index < -0.39 is 15.4 Å². The van der Waals surface area contributed by atoms with Gasteiger partial charge >= 0.3 is 0 Å². The minimum absolute atomic E-state index is 0.0879. The number of unbranched alkanes of at least 4 members (excludes halogenated alkanes) is 11. The molecular formula is C20H42O4S. The Morgan fingerprint density at radius 1 is 0.680 bits per heavy atom. The first-order chi connectivity index (χ1) is 11.9. The van der Waals surface area contributed by atoms with Crippen molar-refractivity contribution in [2.75, 3.05) is 0 Å². The lowest BCUT2D eigenvalue weighted by Crippen LogP contribution is -2.16. The number of hydrogen-bond donors (Lipinski definition) is 2. The molecule has 0 radical (unpaired) electrons. The summed E-state index contributed by atoms with van der Waals surface area (Å²) >= 11 is 0. The van der Waals surface area contributed by atoms with Crippen LogP contribution < -0.4 is 0 Å². The van der Waals surface area contributed by atoms with Crippen molar-refractivity contribution in [3.8, 4) is 0 Å². The Bertz CT molecular complexity index is 381. The van der Waals surface area contributed by atoms with Crippen LogP contribution >= 0.6 is 0 Å². The van der Waals surface area contributed by atoms with Crippen LogP contribution in [0.15, 0.2) is 0 Å². The molecule has 0 saturated heterocycles. The molecule has 0 bridgehead atoms. The number of hydrogen-bond acceptors (Lipinski definition) is 3. The molecule has 0 saturated carbocycles. The standard InChI is InChI=1S/C20H42O4S/c1-3-4-13-17-20(21)18-15-12-10-8-6-5-7-9-11-14-16-19(2)25(22,23)24/h19-21H,3-18H2,1-2H3,(H,22,23,24). The minimum Gasteiger partial charge on any atom is -0.393 e. The normalized spacial score (nSPS) is 14.6. The summed E-state index contributed by atoms with van der Waals surface area (Å²) < 4.78 is 30.6. The average Bonchev–Trinajstić information content (AvgIpc) is 2.55. The molecule has 0 amide bonds. The lowest BCUT2D eigenvalue weighted by molar-refractivity contribution is 0.147. The monoisotopic (exact) mass is 378 g/mol. The third-order valence-corrected chi connectivity index (χ3v) is 6.30. The predicted octanol–water partition coefficient (Wildman–Crippen LogP) is 5.89. The lowest BCUT2D eigenvalue weighted by Gasteiger charge is -2.09. The molecule has 0 heterocycles. The van der Waals surface area contributed by atoms with E-state index in [4.69, 9.17) is 4.55 Å². The van der Waals surface area contributed by atoms with Gasteiger partial charge in [-0.05, 0) is 26.2 Å². The van der Waals surface area contributed by atoms with E-state index >= 15 is 0 Å². The topological polar surface area (TPSA) is 74.6 Å². The fourth-order valence-electron chi connectivity index (χ4n) is 3.15. The van der Waals surface area contributed by atoms with Gasteiger partial charge in [-0.3, -0.25) is 4.55 Å². The van der Waals surface area contributed by atoms with Crippen LogP contribution in [-0.4, -0.2) is 29.4 Å². The first-order valence-corrected chi connectivity index (χ1v) is 12.0. The molecule has 152 valence electrons. The van der Waals surface area contributed by atoms with Crippen LogP contribution in [0.2, 0.25) is 0 Å². The van der Waals surface area contributed by atoms with E-state index in [0.717, 1.165) is 44.9 Å². The van der Waals surface area contributed by atoms with E-state index in [-0.39, 0.29) is 6.10 Å². The molecule has 5 heteroatoms. The van der Waals surface area contributed by atoms with Crippen LogP contribution in [-0.2, 0) is 10.1 Å². The van der Waals surface area contributed by atoms with Gasteiger partial charge in [0.15, 0.2) is 0 Å². The molecule has 0 aromatic carbocycles. The Balaban J connectivity index is 3.24. The zero-order valence-corrected chi connectivity index (χ0v) is 17.4. The highest BCUT2D eigenvalue weighted by Crippen LogP contribution is 2.15. The van der Waals surface area contributed by atoms with Crippen molar-refractivity contribution in [1.29, 1.82) is 0 Å². The van der Waals surface area contributed by atoms with E-state index in [0.29, 0.717) is 6.42 Å². The first-order valence-electron chi connectivity index (χ1n) is 10.5. The van der Waals surface area contributed by atoms with Gasteiger partial charge in [0.2, 0.25) is 0 Å². The van der Waals surface area contributed by atoms with Crippen molar-refractivity contribution in [2.24, 2.45) is 0 Å². The predicted molar refractivity (Wildman–Crippen MR) is 107 cm³/mol. The van der Waals surface area contributed by atoms with Crippen molar-refractivity contribution in [2.45, 2.75) is 128 Å². The van der Waals surface area contributed by atoms with Gasteiger partial charge in [0.05, 0.1) is 11.4 Å². The summed E-state index contributed by atoms with van der Waals surface area (Å²) in [4.78, 5) is 0. The van der Waals surface area contributed by atoms with Gasteiger partial charge in [-0.15, -0.1) is 0 Å². The largest absolute Gasteiger partial charge is 0.393 e. The summed E-state index contributed by atoms with van der Waals surface area (Å²) in [6.07, 6.45) is 17.8. The second-order valence-electron chi connectivity index (χ2n) is 7.59. The van der Waals surface area contributed by atoms with Gasteiger partial charge in [0, 0.05) is 0 Å². The Labute approximate surface area is 156 Å². The van der Waals surface area contributed by atoms with Gasteiger partial charge in [0.1, 0.15) is 0 Å². The molecule has 0 fully saturated rings. The van der Waals surface area contributed by atoms with Gasteiger partial charge < -0.3 is 5.11 Å². The number of aliphatic hydroxyl groups is 1. The van der Waals surface area contributed by atoms with Crippen LogP contribution in [0.25, 0.3) is 0 Å². The molecule has 4 nitrogen and oxygen atoms in total. The maximum Gasteiger partial charge on any atom is 0.267 e. The number of aliphatic hydroxyl groups excluding tert-OH is 1. The fraction of sp³-hybridized carbons (Fsp3) is 1.00. The molecule has 0 aromatic heterocycles. The van der Waals surface area contributed by atoms with Gasteiger partial charge in [-0.25, -0.2) is 0 Å². The summed E-state index contributed by atoms with van der Waals surface area (Å²) in [6, 6.07) is 0. The molecule has 2 unspecified atom stereocenters. The summed E-state index contributed by atoms with van der Waals surface area (Å²) in [5, 5.41) is 9.22.